The molecule has 1 heterocycles. The molecule has 0 radical (unpaired) electrons. The van der Waals surface area contributed by atoms with Crippen molar-refractivity contribution in [3.8, 4) is 0 Å². The Kier molecular flexibility index (Phi) is 5.05. The second-order valence-corrected chi connectivity index (χ2v) is 8.19. The van der Waals surface area contributed by atoms with E-state index >= 15 is 0 Å². The lowest BCUT2D eigenvalue weighted by molar-refractivity contribution is -0.131. The van der Waals surface area contributed by atoms with Crippen LogP contribution in [0.1, 0.15) is 27.0 Å². The van der Waals surface area contributed by atoms with Gasteiger partial charge >= 0.3 is 0 Å². The molecule has 0 fully saturated rings. The number of nitrogens with two attached hydrogens (primary N) is 1. The zero-order valence-corrected chi connectivity index (χ0v) is 16.2. The average Bonchev–Trinajstić information content (AvgIpc) is 2.61. The summed E-state index contributed by atoms with van der Waals surface area (Å²) in [5.74, 6) is -1.62. The van der Waals surface area contributed by atoms with Crippen LogP contribution in [0, 0.1) is 13.8 Å². The van der Waals surface area contributed by atoms with Gasteiger partial charge < -0.3 is 5.32 Å². The second kappa shape index (κ2) is 7.17. The van der Waals surface area contributed by atoms with Crippen molar-refractivity contribution in [2.75, 3.05) is 11.9 Å². The number of hydrogen-bond acceptors (Lipinski definition) is 5. The normalized spacial score (nSPS) is 14.0. The molecule has 146 valence electrons. The van der Waals surface area contributed by atoms with Crippen molar-refractivity contribution in [1.29, 1.82) is 0 Å². The van der Waals surface area contributed by atoms with E-state index in [-0.39, 0.29) is 17.0 Å². The Hall–Kier alpha value is -3.04. The molecule has 0 aromatic heterocycles. The van der Waals surface area contributed by atoms with Gasteiger partial charge in [-0.1, -0.05) is 18.2 Å². The minimum Gasteiger partial charge on any atom is -0.324 e. The van der Waals surface area contributed by atoms with E-state index in [2.05, 4.69) is 5.32 Å². The number of hydrogen-bond donors (Lipinski definition) is 2. The first-order valence-electron chi connectivity index (χ1n) is 8.44. The SMILES string of the molecule is Cc1cc(S(N)(=O)=O)cc(NC(=O)CN2C(=O)Cc3ccccc3C2=O)c1C. The molecule has 0 aliphatic carbocycles. The van der Waals surface area contributed by atoms with Crippen molar-refractivity contribution in [1.82, 2.24) is 4.90 Å². The lowest BCUT2D eigenvalue weighted by Crippen LogP contribution is -2.46. The van der Waals surface area contributed by atoms with Crippen LogP contribution >= 0.6 is 0 Å². The maximum Gasteiger partial charge on any atom is 0.261 e. The largest absolute Gasteiger partial charge is 0.324 e. The van der Waals surface area contributed by atoms with Crippen molar-refractivity contribution >= 4 is 33.4 Å². The third kappa shape index (κ3) is 3.80. The molecule has 3 amide bonds. The van der Waals surface area contributed by atoms with Crippen LogP contribution in [0.3, 0.4) is 0 Å². The number of amides is 3. The van der Waals surface area contributed by atoms with Gasteiger partial charge in [-0.15, -0.1) is 0 Å². The number of anilines is 1. The number of nitrogens with one attached hydrogen (secondary N) is 1. The van der Waals surface area contributed by atoms with Crippen LogP contribution in [0.15, 0.2) is 41.3 Å². The van der Waals surface area contributed by atoms with Gasteiger partial charge in [-0.2, -0.15) is 0 Å². The number of aryl methyl sites for hydroxylation is 1. The van der Waals surface area contributed by atoms with Crippen molar-refractivity contribution in [2.24, 2.45) is 5.14 Å². The van der Waals surface area contributed by atoms with E-state index in [0.29, 0.717) is 22.3 Å². The predicted molar refractivity (Wildman–Crippen MR) is 102 cm³/mol. The Balaban J connectivity index is 1.83. The smallest absolute Gasteiger partial charge is 0.261 e. The highest BCUT2D eigenvalue weighted by atomic mass is 32.2. The van der Waals surface area contributed by atoms with E-state index in [1.54, 1.807) is 38.1 Å². The zero-order chi connectivity index (χ0) is 20.6. The Labute approximate surface area is 162 Å². The summed E-state index contributed by atoms with van der Waals surface area (Å²) in [7, 11) is -3.95. The fraction of sp³-hybridized carbons (Fsp3) is 0.211. The molecule has 3 N–H and O–H groups in total. The molecule has 2 aromatic rings. The molecule has 0 saturated carbocycles. The lowest BCUT2D eigenvalue weighted by atomic mass is 9.98. The molecule has 0 atom stereocenters. The van der Waals surface area contributed by atoms with E-state index in [1.165, 1.54) is 12.1 Å². The molecular formula is C19H19N3O5S. The summed E-state index contributed by atoms with van der Waals surface area (Å²) >= 11 is 0. The third-order valence-electron chi connectivity index (χ3n) is 4.68. The van der Waals surface area contributed by atoms with E-state index in [9.17, 15) is 22.8 Å². The number of carbonyl (C=O) groups is 3. The first kappa shape index (κ1) is 19.7. The summed E-state index contributed by atoms with van der Waals surface area (Å²) < 4.78 is 23.2. The number of carbonyl (C=O) groups excluding carboxylic acids is 3. The van der Waals surface area contributed by atoms with Gasteiger partial charge in [-0.3, -0.25) is 19.3 Å². The minimum absolute atomic E-state index is 0.0359. The van der Waals surface area contributed by atoms with E-state index in [4.69, 9.17) is 5.14 Å². The van der Waals surface area contributed by atoms with Gasteiger partial charge in [-0.25, -0.2) is 13.6 Å². The van der Waals surface area contributed by atoms with Crippen LogP contribution in [0.4, 0.5) is 5.69 Å². The zero-order valence-electron chi connectivity index (χ0n) is 15.4. The lowest BCUT2D eigenvalue weighted by Gasteiger charge is -2.26. The van der Waals surface area contributed by atoms with Crippen LogP contribution < -0.4 is 10.5 Å². The second-order valence-electron chi connectivity index (χ2n) is 6.62. The van der Waals surface area contributed by atoms with E-state index in [1.807, 2.05) is 0 Å². The maximum absolute atomic E-state index is 12.6. The number of imide groups is 1. The topological polar surface area (TPSA) is 127 Å². The molecule has 28 heavy (non-hydrogen) atoms. The minimum atomic E-state index is -3.95. The molecular weight excluding hydrogens is 382 g/mol. The summed E-state index contributed by atoms with van der Waals surface area (Å²) in [6, 6.07) is 9.41. The summed E-state index contributed by atoms with van der Waals surface area (Å²) in [6.07, 6.45) is 0.0359. The van der Waals surface area contributed by atoms with Crippen LogP contribution in [0.5, 0.6) is 0 Å². The number of nitrogens with zero attached hydrogens (tertiary/aromatic N) is 1. The fourth-order valence-electron chi connectivity index (χ4n) is 3.01. The number of primary sulfonamides is 1. The molecule has 2 aromatic carbocycles. The van der Waals surface area contributed by atoms with Gasteiger partial charge in [-0.05, 0) is 48.7 Å². The first-order valence-corrected chi connectivity index (χ1v) is 9.99. The van der Waals surface area contributed by atoms with Gasteiger partial charge in [0.15, 0.2) is 0 Å². The Morgan fingerprint density at radius 2 is 1.86 bits per heavy atom. The van der Waals surface area contributed by atoms with Crippen LogP contribution in [-0.2, 0) is 26.0 Å². The van der Waals surface area contributed by atoms with Gasteiger partial charge in [0, 0.05) is 11.3 Å². The molecule has 1 aliphatic heterocycles. The quantitative estimate of drug-likeness (QED) is 0.742. The molecule has 3 rings (SSSR count). The first-order chi connectivity index (χ1) is 13.1. The average molecular weight is 401 g/mol. The van der Waals surface area contributed by atoms with Crippen LogP contribution in [0.2, 0.25) is 0 Å². The van der Waals surface area contributed by atoms with E-state index in [0.717, 1.165) is 4.90 Å². The Morgan fingerprint density at radius 1 is 1.18 bits per heavy atom. The summed E-state index contributed by atoms with van der Waals surface area (Å²) in [6.45, 7) is 2.93. The summed E-state index contributed by atoms with van der Waals surface area (Å²) in [5.41, 5.74) is 2.55. The number of fused-ring (bicyclic) bond motifs is 1. The van der Waals surface area contributed by atoms with Crippen LogP contribution in [0.25, 0.3) is 0 Å². The van der Waals surface area contributed by atoms with Crippen molar-refractivity contribution in [3.05, 3.63) is 58.7 Å². The monoisotopic (exact) mass is 401 g/mol. The van der Waals surface area contributed by atoms with Crippen molar-refractivity contribution < 1.29 is 22.8 Å². The number of benzene rings is 2. The fourth-order valence-corrected chi connectivity index (χ4v) is 3.64. The highest BCUT2D eigenvalue weighted by Gasteiger charge is 2.32. The standard InChI is InChI=1S/C19H19N3O5S/c1-11-7-14(28(20,26)27)9-16(12(11)2)21-17(23)10-22-18(24)8-13-5-3-4-6-15(13)19(22)25/h3-7,9H,8,10H2,1-2H3,(H,21,23)(H2,20,26,27). The van der Waals surface area contributed by atoms with Gasteiger partial charge in [0.2, 0.25) is 21.8 Å². The van der Waals surface area contributed by atoms with E-state index < -0.39 is 34.3 Å². The predicted octanol–water partition coefficient (Wildman–Crippen LogP) is 1.11. The Bertz CT molecular complexity index is 1110. The van der Waals surface area contributed by atoms with Gasteiger partial charge in [0.05, 0.1) is 11.3 Å². The number of rotatable bonds is 4. The molecule has 8 nitrogen and oxygen atoms in total. The van der Waals surface area contributed by atoms with Gasteiger partial charge in [0.1, 0.15) is 6.54 Å². The third-order valence-corrected chi connectivity index (χ3v) is 5.57. The summed E-state index contributed by atoms with van der Waals surface area (Å²) in [5, 5.41) is 7.74. The van der Waals surface area contributed by atoms with Crippen LogP contribution in [-0.4, -0.2) is 37.6 Å². The van der Waals surface area contributed by atoms with Crippen molar-refractivity contribution in [2.45, 2.75) is 25.2 Å². The molecule has 0 unspecified atom stereocenters. The molecule has 0 saturated heterocycles. The van der Waals surface area contributed by atoms with Gasteiger partial charge in [0.25, 0.3) is 5.91 Å². The highest BCUT2D eigenvalue weighted by Crippen LogP contribution is 2.24. The van der Waals surface area contributed by atoms with Crippen molar-refractivity contribution in [3.63, 3.8) is 0 Å². The molecule has 0 bridgehead atoms. The summed E-state index contributed by atoms with van der Waals surface area (Å²) in [4.78, 5) is 38.1. The number of sulfonamides is 1. The molecule has 1 aliphatic rings. The highest BCUT2D eigenvalue weighted by molar-refractivity contribution is 7.89. The molecule has 9 heteroatoms. The Morgan fingerprint density at radius 3 is 2.54 bits per heavy atom. The maximum atomic E-state index is 12.6. The molecule has 0 spiro atoms.